The van der Waals surface area contributed by atoms with Crippen LogP contribution in [0.2, 0.25) is 0 Å². The van der Waals surface area contributed by atoms with E-state index in [4.69, 9.17) is 4.74 Å². The van der Waals surface area contributed by atoms with Gasteiger partial charge in [0.2, 0.25) is 11.9 Å². The van der Waals surface area contributed by atoms with Crippen molar-refractivity contribution in [3.05, 3.63) is 59.9 Å². The summed E-state index contributed by atoms with van der Waals surface area (Å²) in [5, 5.41) is 7.31. The van der Waals surface area contributed by atoms with E-state index >= 15 is 0 Å². The normalized spacial score (nSPS) is 14.5. The van der Waals surface area contributed by atoms with Gasteiger partial charge in [-0.3, -0.25) is 4.79 Å². The van der Waals surface area contributed by atoms with Crippen LogP contribution in [0.3, 0.4) is 0 Å². The van der Waals surface area contributed by atoms with Gasteiger partial charge in [-0.25, -0.2) is 13.5 Å². The minimum atomic E-state index is -0.682. The van der Waals surface area contributed by atoms with Gasteiger partial charge in [0.15, 0.2) is 0 Å². The highest BCUT2D eigenvalue weighted by molar-refractivity contribution is 5.73. The van der Waals surface area contributed by atoms with Crippen LogP contribution >= 0.6 is 0 Å². The van der Waals surface area contributed by atoms with Gasteiger partial charge in [0.1, 0.15) is 29.8 Å². The van der Waals surface area contributed by atoms with E-state index in [9.17, 15) is 13.6 Å². The minimum Gasteiger partial charge on any atom is -0.490 e. The molecule has 1 aliphatic rings. The Labute approximate surface area is 178 Å². The Hall–Kier alpha value is -3.49. The predicted octanol–water partition coefficient (Wildman–Crippen LogP) is 3.99. The highest BCUT2D eigenvalue weighted by atomic mass is 19.1. The molecule has 0 unspecified atom stereocenters. The smallest absolute Gasteiger partial charge is 0.246 e. The average molecular weight is 427 g/mol. The number of benzene rings is 2. The second-order valence-corrected chi connectivity index (χ2v) is 7.57. The van der Waals surface area contributed by atoms with Gasteiger partial charge in [-0.15, -0.1) is 5.10 Å². The summed E-state index contributed by atoms with van der Waals surface area (Å²) in [5.41, 5.74) is 1.96. The van der Waals surface area contributed by atoms with Crippen LogP contribution in [-0.4, -0.2) is 44.8 Å². The molecule has 1 saturated heterocycles. The van der Waals surface area contributed by atoms with Crippen molar-refractivity contribution in [2.75, 3.05) is 18.4 Å². The molecule has 0 spiro atoms. The van der Waals surface area contributed by atoms with Gasteiger partial charge in [-0.1, -0.05) is 0 Å². The van der Waals surface area contributed by atoms with Crippen LogP contribution in [0.15, 0.2) is 42.7 Å². The molecule has 0 bridgehead atoms. The maximum atomic E-state index is 13.4. The molecule has 0 aliphatic carbocycles. The first-order valence-corrected chi connectivity index (χ1v) is 10.1. The first-order chi connectivity index (χ1) is 14.9. The number of hydrogen-bond acceptors (Lipinski definition) is 5. The van der Waals surface area contributed by atoms with Crippen molar-refractivity contribution in [3.63, 3.8) is 0 Å². The van der Waals surface area contributed by atoms with Gasteiger partial charge < -0.3 is 15.0 Å². The van der Waals surface area contributed by atoms with Crippen molar-refractivity contribution in [3.8, 4) is 11.4 Å². The van der Waals surface area contributed by atoms with Gasteiger partial charge >= 0.3 is 0 Å². The number of hydrogen-bond donors (Lipinski definition) is 1. The number of anilines is 2. The van der Waals surface area contributed by atoms with Crippen molar-refractivity contribution >= 4 is 17.5 Å². The largest absolute Gasteiger partial charge is 0.490 e. The van der Waals surface area contributed by atoms with Crippen LogP contribution < -0.4 is 10.1 Å². The maximum Gasteiger partial charge on any atom is 0.246 e. The first-order valence-electron chi connectivity index (χ1n) is 10.1. The molecule has 1 N–H and O–H groups in total. The van der Waals surface area contributed by atoms with E-state index in [1.165, 1.54) is 23.1 Å². The molecule has 4 rings (SSSR count). The number of aromatic nitrogens is 3. The van der Waals surface area contributed by atoms with Crippen molar-refractivity contribution < 1.29 is 18.3 Å². The molecule has 1 fully saturated rings. The summed E-state index contributed by atoms with van der Waals surface area (Å²) < 4.78 is 34.3. The number of aryl methyl sites for hydroxylation is 1. The van der Waals surface area contributed by atoms with E-state index in [2.05, 4.69) is 15.4 Å². The Balaban J connectivity index is 1.40. The van der Waals surface area contributed by atoms with E-state index in [-0.39, 0.29) is 17.7 Å². The summed E-state index contributed by atoms with van der Waals surface area (Å²) in [6, 6.07) is 8.82. The second-order valence-electron chi connectivity index (χ2n) is 7.57. The molecule has 1 aliphatic heterocycles. The SMILES string of the molecule is CC(=O)N1CCC(Oc2ccc(Nc3ncn(-c4cc(F)cc(F)c4)n3)cc2C)CC1. The third kappa shape index (κ3) is 4.99. The number of rotatable bonds is 5. The van der Waals surface area contributed by atoms with Crippen molar-refractivity contribution in [2.45, 2.75) is 32.8 Å². The number of nitrogens with one attached hydrogen (secondary N) is 1. The molecule has 1 amide bonds. The summed E-state index contributed by atoms with van der Waals surface area (Å²) in [4.78, 5) is 17.4. The molecule has 9 heteroatoms. The monoisotopic (exact) mass is 427 g/mol. The fourth-order valence-electron chi connectivity index (χ4n) is 3.57. The second kappa shape index (κ2) is 8.71. The number of carbonyl (C=O) groups excluding carboxylic acids is 1. The molecule has 2 heterocycles. The first kappa shape index (κ1) is 20.8. The summed E-state index contributed by atoms with van der Waals surface area (Å²) in [7, 11) is 0. The Morgan fingerprint density at radius 2 is 1.84 bits per heavy atom. The van der Waals surface area contributed by atoms with Crippen LogP contribution in [0.5, 0.6) is 5.75 Å². The lowest BCUT2D eigenvalue weighted by atomic mass is 10.1. The van der Waals surface area contributed by atoms with Crippen molar-refractivity contribution in [2.24, 2.45) is 0 Å². The van der Waals surface area contributed by atoms with Gasteiger partial charge in [-0.2, -0.15) is 4.98 Å². The molecule has 0 atom stereocenters. The molecule has 2 aromatic carbocycles. The van der Waals surface area contributed by atoms with E-state index in [1.54, 1.807) is 6.92 Å². The zero-order valence-electron chi connectivity index (χ0n) is 17.3. The molecule has 1 aromatic heterocycles. The maximum absolute atomic E-state index is 13.4. The lowest BCUT2D eigenvalue weighted by Gasteiger charge is -2.31. The number of halogens is 2. The Bertz CT molecular complexity index is 1070. The lowest BCUT2D eigenvalue weighted by molar-refractivity contribution is -0.130. The minimum absolute atomic E-state index is 0.0807. The van der Waals surface area contributed by atoms with Crippen LogP contribution in [-0.2, 0) is 4.79 Å². The van der Waals surface area contributed by atoms with Gasteiger partial charge in [0.25, 0.3) is 0 Å². The van der Waals surface area contributed by atoms with E-state index in [1.807, 2.05) is 30.0 Å². The van der Waals surface area contributed by atoms with Crippen LogP contribution in [0.1, 0.15) is 25.3 Å². The van der Waals surface area contributed by atoms with Crippen molar-refractivity contribution in [1.29, 1.82) is 0 Å². The third-order valence-electron chi connectivity index (χ3n) is 5.22. The molecule has 7 nitrogen and oxygen atoms in total. The molecule has 3 aromatic rings. The Morgan fingerprint density at radius 3 is 2.48 bits per heavy atom. The zero-order chi connectivity index (χ0) is 22.0. The summed E-state index contributed by atoms with van der Waals surface area (Å²) in [5.74, 6) is -0.171. The van der Waals surface area contributed by atoms with E-state index in [0.717, 1.165) is 35.9 Å². The molecular weight excluding hydrogens is 404 g/mol. The molecular formula is C22H23F2N5O2. The third-order valence-corrected chi connectivity index (χ3v) is 5.22. The Morgan fingerprint density at radius 1 is 1.13 bits per heavy atom. The number of piperidine rings is 1. The van der Waals surface area contributed by atoms with Crippen LogP contribution in [0.25, 0.3) is 5.69 Å². The predicted molar refractivity (Wildman–Crippen MR) is 112 cm³/mol. The van der Waals surface area contributed by atoms with Gasteiger partial charge in [0.05, 0.1) is 5.69 Å². The number of nitrogens with zero attached hydrogens (tertiary/aromatic N) is 4. The number of amides is 1. The van der Waals surface area contributed by atoms with Gasteiger partial charge in [-0.05, 0) is 42.8 Å². The quantitative estimate of drug-likeness (QED) is 0.667. The lowest BCUT2D eigenvalue weighted by Crippen LogP contribution is -2.40. The molecule has 0 saturated carbocycles. The fraction of sp³-hybridized carbons (Fsp3) is 0.318. The van der Waals surface area contributed by atoms with E-state index in [0.29, 0.717) is 19.0 Å². The topological polar surface area (TPSA) is 72.3 Å². The fourth-order valence-corrected chi connectivity index (χ4v) is 3.57. The summed E-state index contributed by atoms with van der Waals surface area (Å²) in [6.45, 7) is 4.96. The Kier molecular flexibility index (Phi) is 5.83. The molecule has 162 valence electrons. The van der Waals surface area contributed by atoms with Crippen LogP contribution in [0.4, 0.5) is 20.4 Å². The zero-order valence-corrected chi connectivity index (χ0v) is 17.3. The molecule has 31 heavy (non-hydrogen) atoms. The highest BCUT2D eigenvalue weighted by Gasteiger charge is 2.22. The average Bonchev–Trinajstić information content (AvgIpc) is 3.18. The molecule has 0 radical (unpaired) electrons. The number of carbonyl (C=O) groups is 1. The standard InChI is InChI=1S/C22H23F2N5O2/c1-14-9-18(3-4-21(14)31-20-5-7-28(8-6-20)15(2)30)26-22-25-13-29(27-22)19-11-16(23)10-17(24)12-19/h3-4,9-13,20H,5-8H2,1-2H3,(H,26,27). The van der Waals surface area contributed by atoms with Crippen LogP contribution in [0, 0.1) is 18.6 Å². The van der Waals surface area contributed by atoms with Gasteiger partial charge in [0, 0.05) is 44.6 Å². The highest BCUT2D eigenvalue weighted by Crippen LogP contribution is 2.26. The van der Waals surface area contributed by atoms with E-state index < -0.39 is 11.6 Å². The number of ether oxygens (including phenoxy) is 1. The van der Waals surface area contributed by atoms with Crippen molar-refractivity contribution in [1.82, 2.24) is 19.7 Å². The summed E-state index contributed by atoms with van der Waals surface area (Å²) >= 11 is 0. The summed E-state index contributed by atoms with van der Waals surface area (Å²) in [6.07, 6.45) is 3.08. The number of likely N-dealkylation sites (tertiary alicyclic amines) is 1.